The summed E-state index contributed by atoms with van der Waals surface area (Å²) in [6, 6.07) is 2.81. The topological polar surface area (TPSA) is 87.8 Å². The van der Waals surface area contributed by atoms with Crippen molar-refractivity contribution < 1.29 is 23.8 Å². The standard InChI is InChI=1S/C11H10ClNO5/c1-5(10(13)14)18-11(15)6-2-7(12)9-8(3-6)16-4-17-9/h2-3,5H,4H2,1H3,(H2,13,14)/t5-/m0/s1. The van der Waals surface area contributed by atoms with Crippen LogP contribution in [0.2, 0.25) is 5.02 Å². The zero-order valence-corrected chi connectivity index (χ0v) is 10.2. The van der Waals surface area contributed by atoms with E-state index in [9.17, 15) is 9.59 Å². The van der Waals surface area contributed by atoms with E-state index in [1.165, 1.54) is 19.1 Å². The van der Waals surface area contributed by atoms with Crippen molar-refractivity contribution in [3.05, 3.63) is 22.7 Å². The highest BCUT2D eigenvalue weighted by Gasteiger charge is 2.23. The Hall–Kier alpha value is -1.95. The van der Waals surface area contributed by atoms with Crippen LogP contribution in [0.5, 0.6) is 11.5 Å². The van der Waals surface area contributed by atoms with Gasteiger partial charge in [-0.15, -0.1) is 0 Å². The lowest BCUT2D eigenvalue weighted by Crippen LogP contribution is -2.30. The number of nitrogens with two attached hydrogens (primary N) is 1. The van der Waals surface area contributed by atoms with Crippen molar-refractivity contribution in [1.82, 2.24) is 0 Å². The molecule has 0 radical (unpaired) electrons. The first-order valence-electron chi connectivity index (χ1n) is 5.08. The van der Waals surface area contributed by atoms with Gasteiger partial charge in [0.05, 0.1) is 10.6 Å². The van der Waals surface area contributed by atoms with E-state index in [4.69, 9.17) is 31.5 Å². The number of hydrogen-bond donors (Lipinski definition) is 1. The summed E-state index contributed by atoms with van der Waals surface area (Å²) in [5, 5.41) is 0.240. The van der Waals surface area contributed by atoms with Gasteiger partial charge in [0.1, 0.15) is 0 Å². The largest absolute Gasteiger partial charge is 0.454 e. The molecular weight excluding hydrogens is 262 g/mol. The number of halogens is 1. The highest BCUT2D eigenvalue weighted by molar-refractivity contribution is 6.32. The molecule has 0 fully saturated rings. The molecule has 0 aliphatic carbocycles. The van der Waals surface area contributed by atoms with Gasteiger partial charge in [-0.2, -0.15) is 0 Å². The van der Waals surface area contributed by atoms with Crippen LogP contribution in [-0.4, -0.2) is 24.8 Å². The lowest BCUT2D eigenvalue weighted by Gasteiger charge is -2.10. The summed E-state index contributed by atoms with van der Waals surface area (Å²) in [5.74, 6) is -0.686. The number of rotatable bonds is 3. The van der Waals surface area contributed by atoms with E-state index in [-0.39, 0.29) is 17.4 Å². The van der Waals surface area contributed by atoms with Crippen molar-refractivity contribution in [3.8, 4) is 11.5 Å². The summed E-state index contributed by atoms with van der Waals surface area (Å²) in [6.07, 6.45) is -1.01. The molecule has 18 heavy (non-hydrogen) atoms. The maximum absolute atomic E-state index is 11.7. The molecule has 1 atom stereocenters. The second kappa shape index (κ2) is 4.73. The van der Waals surface area contributed by atoms with E-state index >= 15 is 0 Å². The maximum atomic E-state index is 11.7. The normalized spacial score (nSPS) is 14.1. The van der Waals surface area contributed by atoms with E-state index in [2.05, 4.69) is 0 Å². The van der Waals surface area contributed by atoms with E-state index in [0.29, 0.717) is 11.5 Å². The third-order valence-corrected chi connectivity index (χ3v) is 2.63. The van der Waals surface area contributed by atoms with Crippen LogP contribution in [0.15, 0.2) is 12.1 Å². The first-order chi connectivity index (χ1) is 8.49. The van der Waals surface area contributed by atoms with Crippen molar-refractivity contribution in [2.45, 2.75) is 13.0 Å². The molecule has 0 saturated heterocycles. The predicted molar refractivity (Wildman–Crippen MR) is 61.6 cm³/mol. The van der Waals surface area contributed by atoms with Gasteiger partial charge < -0.3 is 19.9 Å². The molecule has 0 unspecified atom stereocenters. The molecule has 1 aliphatic rings. The van der Waals surface area contributed by atoms with Gasteiger partial charge in [0.2, 0.25) is 6.79 Å². The summed E-state index contributed by atoms with van der Waals surface area (Å²) < 4.78 is 15.1. The molecule has 1 amide bonds. The number of ether oxygens (including phenoxy) is 3. The average molecular weight is 272 g/mol. The van der Waals surface area contributed by atoms with Crippen LogP contribution in [0, 0.1) is 0 Å². The van der Waals surface area contributed by atoms with Gasteiger partial charge in [-0.1, -0.05) is 11.6 Å². The van der Waals surface area contributed by atoms with Gasteiger partial charge in [0.15, 0.2) is 17.6 Å². The molecule has 1 aromatic carbocycles. The van der Waals surface area contributed by atoms with Crippen LogP contribution >= 0.6 is 11.6 Å². The fraction of sp³-hybridized carbons (Fsp3) is 0.273. The molecule has 0 saturated carbocycles. The summed E-state index contributed by atoms with van der Waals surface area (Å²) in [5.41, 5.74) is 5.16. The van der Waals surface area contributed by atoms with Crippen LogP contribution < -0.4 is 15.2 Å². The van der Waals surface area contributed by atoms with Gasteiger partial charge >= 0.3 is 5.97 Å². The summed E-state index contributed by atoms with van der Waals surface area (Å²) in [6.45, 7) is 1.43. The van der Waals surface area contributed by atoms with Crippen LogP contribution in [0.4, 0.5) is 0 Å². The highest BCUT2D eigenvalue weighted by Crippen LogP contribution is 2.39. The summed E-state index contributed by atoms with van der Waals surface area (Å²) in [7, 11) is 0. The van der Waals surface area contributed by atoms with E-state index in [1.807, 2.05) is 0 Å². The van der Waals surface area contributed by atoms with E-state index in [0.717, 1.165) is 0 Å². The molecule has 0 bridgehead atoms. The van der Waals surface area contributed by atoms with Gasteiger partial charge in [-0.3, -0.25) is 4.79 Å². The molecule has 1 aliphatic heterocycles. The number of esters is 1. The molecule has 2 N–H and O–H groups in total. The molecule has 2 rings (SSSR count). The molecule has 7 heteroatoms. The molecule has 0 aromatic heterocycles. The summed E-state index contributed by atoms with van der Waals surface area (Å²) in [4.78, 5) is 22.5. The van der Waals surface area contributed by atoms with Crippen LogP contribution in [-0.2, 0) is 9.53 Å². The minimum atomic E-state index is -1.01. The smallest absolute Gasteiger partial charge is 0.339 e. The maximum Gasteiger partial charge on any atom is 0.339 e. The monoisotopic (exact) mass is 271 g/mol. The first kappa shape index (κ1) is 12.5. The van der Waals surface area contributed by atoms with E-state index < -0.39 is 18.0 Å². The Morgan fingerprint density at radius 2 is 2.17 bits per heavy atom. The second-order valence-electron chi connectivity index (χ2n) is 3.64. The third-order valence-electron chi connectivity index (χ3n) is 2.35. The quantitative estimate of drug-likeness (QED) is 0.832. The van der Waals surface area contributed by atoms with Crippen LogP contribution in [0.1, 0.15) is 17.3 Å². The number of carbonyl (C=O) groups excluding carboxylic acids is 2. The van der Waals surface area contributed by atoms with Crippen molar-refractivity contribution in [3.63, 3.8) is 0 Å². The van der Waals surface area contributed by atoms with Gasteiger partial charge in [0, 0.05) is 0 Å². The van der Waals surface area contributed by atoms with Crippen LogP contribution in [0.25, 0.3) is 0 Å². The van der Waals surface area contributed by atoms with Gasteiger partial charge in [0.25, 0.3) is 5.91 Å². The van der Waals surface area contributed by atoms with Crippen molar-refractivity contribution in [2.24, 2.45) is 5.73 Å². The zero-order chi connectivity index (χ0) is 13.3. The summed E-state index contributed by atoms with van der Waals surface area (Å²) >= 11 is 5.91. The number of amides is 1. The molecule has 96 valence electrons. The van der Waals surface area contributed by atoms with Crippen LogP contribution in [0.3, 0.4) is 0 Å². The number of benzene rings is 1. The van der Waals surface area contributed by atoms with Gasteiger partial charge in [-0.25, -0.2) is 4.79 Å². The molecule has 1 heterocycles. The number of hydrogen-bond acceptors (Lipinski definition) is 5. The second-order valence-corrected chi connectivity index (χ2v) is 4.05. The Labute approximate surface area is 108 Å². The van der Waals surface area contributed by atoms with Crippen molar-refractivity contribution in [2.75, 3.05) is 6.79 Å². The molecule has 0 spiro atoms. The molecular formula is C11H10ClNO5. The predicted octanol–water partition coefficient (Wildman–Crippen LogP) is 1.10. The Balaban J connectivity index is 2.21. The number of fused-ring (bicyclic) bond motifs is 1. The molecule has 6 nitrogen and oxygen atoms in total. The zero-order valence-electron chi connectivity index (χ0n) is 9.44. The highest BCUT2D eigenvalue weighted by atomic mass is 35.5. The SMILES string of the molecule is C[C@H](OC(=O)c1cc(Cl)c2c(c1)OCO2)C(N)=O. The Bertz CT molecular complexity index is 516. The molecule has 1 aromatic rings. The minimum absolute atomic E-state index is 0.0469. The van der Waals surface area contributed by atoms with Gasteiger partial charge in [-0.05, 0) is 19.1 Å². The average Bonchev–Trinajstić information content (AvgIpc) is 2.77. The fourth-order valence-corrected chi connectivity index (χ4v) is 1.64. The Kier molecular flexibility index (Phi) is 3.29. The first-order valence-corrected chi connectivity index (χ1v) is 5.46. The Morgan fingerprint density at radius 3 is 2.83 bits per heavy atom. The number of carbonyl (C=O) groups is 2. The lowest BCUT2D eigenvalue weighted by molar-refractivity contribution is -0.125. The Morgan fingerprint density at radius 1 is 1.44 bits per heavy atom. The lowest BCUT2D eigenvalue weighted by atomic mass is 10.2. The third kappa shape index (κ3) is 2.33. The fourth-order valence-electron chi connectivity index (χ4n) is 1.37. The van der Waals surface area contributed by atoms with Crippen molar-refractivity contribution >= 4 is 23.5 Å². The van der Waals surface area contributed by atoms with Crippen molar-refractivity contribution in [1.29, 1.82) is 0 Å². The number of primary amides is 1. The van der Waals surface area contributed by atoms with E-state index in [1.54, 1.807) is 0 Å². The minimum Gasteiger partial charge on any atom is -0.454 e.